The maximum absolute atomic E-state index is 10.7. The zero-order valence-electron chi connectivity index (χ0n) is 9.68. The van der Waals surface area contributed by atoms with Crippen LogP contribution in [-0.2, 0) is 4.79 Å². The maximum Gasteiger partial charge on any atom is 0.317 e. The standard InChI is InChI=1S/C12H18N2O2/c1-3-11(14(2)8-12(15)16)9-5-4-6-10(13)7-9/h4-7,11H,3,8,13H2,1-2H3,(H,15,16)/t11-/m1/s1. The van der Waals surface area contributed by atoms with Gasteiger partial charge >= 0.3 is 5.97 Å². The summed E-state index contributed by atoms with van der Waals surface area (Å²) in [5.41, 5.74) is 7.49. The molecule has 0 spiro atoms. The number of carboxylic acids is 1. The Morgan fingerprint density at radius 3 is 2.75 bits per heavy atom. The van der Waals surface area contributed by atoms with Crippen molar-refractivity contribution in [1.29, 1.82) is 0 Å². The van der Waals surface area contributed by atoms with Crippen LogP contribution in [0.4, 0.5) is 5.69 Å². The van der Waals surface area contributed by atoms with E-state index in [2.05, 4.69) is 0 Å². The predicted octanol–water partition coefficient (Wildman–Crippen LogP) is 1.74. The highest BCUT2D eigenvalue weighted by Gasteiger charge is 2.17. The minimum atomic E-state index is -0.815. The predicted molar refractivity (Wildman–Crippen MR) is 64.2 cm³/mol. The number of carboxylic acid groups (broad SMARTS) is 1. The van der Waals surface area contributed by atoms with E-state index in [1.165, 1.54) is 0 Å². The van der Waals surface area contributed by atoms with Gasteiger partial charge in [0.15, 0.2) is 0 Å². The Balaban J connectivity index is 2.85. The van der Waals surface area contributed by atoms with Gasteiger partial charge in [0.25, 0.3) is 0 Å². The molecule has 0 aromatic heterocycles. The van der Waals surface area contributed by atoms with E-state index in [1.807, 2.05) is 43.1 Å². The SMILES string of the molecule is CC[C@H](c1cccc(N)c1)N(C)CC(=O)O. The first kappa shape index (κ1) is 12.5. The van der Waals surface area contributed by atoms with Crippen molar-refractivity contribution in [2.45, 2.75) is 19.4 Å². The summed E-state index contributed by atoms with van der Waals surface area (Å²) in [6.07, 6.45) is 0.854. The normalized spacial score (nSPS) is 12.7. The van der Waals surface area contributed by atoms with Crippen LogP contribution in [0.25, 0.3) is 0 Å². The first-order valence-electron chi connectivity index (χ1n) is 5.32. The highest BCUT2D eigenvalue weighted by atomic mass is 16.4. The van der Waals surface area contributed by atoms with Gasteiger partial charge in [-0.05, 0) is 31.2 Å². The molecule has 0 bridgehead atoms. The van der Waals surface area contributed by atoms with Crippen LogP contribution < -0.4 is 5.73 Å². The molecular weight excluding hydrogens is 204 g/mol. The van der Waals surface area contributed by atoms with E-state index in [4.69, 9.17) is 10.8 Å². The van der Waals surface area contributed by atoms with Gasteiger partial charge in [0.2, 0.25) is 0 Å². The van der Waals surface area contributed by atoms with Gasteiger partial charge in [-0.2, -0.15) is 0 Å². The molecule has 1 atom stereocenters. The second-order valence-corrected chi connectivity index (χ2v) is 3.90. The summed E-state index contributed by atoms with van der Waals surface area (Å²) in [6, 6.07) is 7.68. The molecule has 1 aromatic carbocycles. The number of anilines is 1. The topological polar surface area (TPSA) is 66.6 Å². The number of nitrogen functional groups attached to an aromatic ring is 1. The average molecular weight is 222 g/mol. The minimum absolute atomic E-state index is 0.0350. The van der Waals surface area contributed by atoms with Crippen LogP contribution in [0.3, 0.4) is 0 Å². The molecule has 3 N–H and O–H groups in total. The molecule has 0 aliphatic carbocycles. The maximum atomic E-state index is 10.7. The Morgan fingerprint density at radius 2 is 2.25 bits per heavy atom. The average Bonchev–Trinajstić information content (AvgIpc) is 2.17. The van der Waals surface area contributed by atoms with Crippen molar-refractivity contribution in [2.24, 2.45) is 0 Å². The zero-order chi connectivity index (χ0) is 12.1. The van der Waals surface area contributed by atoms with Gasteiger partial charge in [0.05, 0.1) is 6.54 Å². The van der Waals surface area contributed by atoms with Crippen LogP contribution in [-0.4, -0.2) is 29.6 Å². The minimum Gasteiger partial charge on any atom is -0.480 e. The largest absolute Gasteiger partial charge is 0.480 e. The quantitative estimate of drug-likeness (QED) is 0.745. The monoisotopic (exact) mass is 222 g/mol. The number of carbonyl (C=O) groups is 1. The van der Waals surface area contributed by atoms with E-state index in [9.17, 15) is 4.79 Å². The van der Waals surface area contributed by atoms with Gasteiger partial charge in [-0.25, -0.2) is 0 Å². The number of nitrogens with two attached hydrogens (primary N) is 1. The van der Waals surface area contributed by atoms with Crippen LogP contribution in [0, 0.1) is 0 Å². The van der Waals surface area contributed by atoms with Crippen molar-refractivity contribution in [3.05, 3.63) is 29.8 Å². The molecule has 0 aliphatic heterocycles. The fourth-order valence-corrected chi connectivity index (χ4v) is 1.89. The lowest BCUT2D eigenvalue weighted by atomic mass is 10.0. The van der Waals surface area contributed by atoms with Crippen molar-refractivity contribution in [2.75, 3.05) is 19.3 Å². The lowest BCUT2D eigenvalue weighted by molar-refractivity contribution is -0.138. The van der Waals surface area contributed by atoms with Crippen LogP contribution in [0.1, 0.15) is 24.9 Å². The molecule has 0 saturated carbocycles. The summed E-state index contributed by atoms with van der Waals surface area (Å²) in [6.45, 7) is 2.07. The third kappa shape index (κ3) is 3.24. The van der Waals surface area contributed by atoms with E-state index in [-0.39, 0.29) is 12.6 Å². The summed E-state index contributed by atoms with van der Waals surface area (Å²) in [5, 5.41) is 8.76. The fraction of sp³-hybridized carbons (Fsp3) is 0.417. The van der Waals surface area contributed by atoms with Crippen LogP contribution >= 0.6 is 0 Å². The molecule has 0 heterocycles. The first-order valence-corrected chi connectivity index (χ1v) is 5.32. The third-order valence-electron chi connectivity index (χ3n) is 2.60. The molecule has 1 aromatic rings. The third-order valence-corrected chi connectivity index (χ3v) is 2.60. The fourth-order valence-electron chi connectivity index (χ4n) is 1.89. The number of aliphatic carboxylic acids is 1. The molecule has 0 unspecified atom stereocenters. The van der Waals surface area contributed by atoms with Crippen molar-refractivity contribution < 1.29 is 9.90 Å². The van der Waals surface area contributed by atoms with Gasteiger partial charge in [0.1, 0.15) is 0 Å². The van der Waals surface area contributed by atoms with E-state index in [0.717, 1.165) is 12.0 Å². The molecule has 0 fully saturated rings. The smallest absolute Gasteiger partial charge is 0.317 e. The summed E-state index contributed by atoms with van der Waals surface area (Å²) in [4.78, 5) is 12.5. The highest BCUT2D eigenvalue weighted by molar-refractivity contribution is 5.69. The number of hydrogen-bond donors (Lipinski definition) is 2. The molecule has 16 heavy (non-hydrogen) atoms. The number of benzene rings is 1. The molecule has 4 heteroatoms. The van der Waals surface area contributed by atoms with Crippen molar-refractivity contribution in [3.8, 4) is 0 Å². The summed E-state index contributed by atoms with van der Waals surface area (Å²) < 4.78 is 0. The van der Waals surface area contributed by atoms with E-state index < -0.39 is 5.97 Å². The number of nitrogens with zero attached hydrogens (tertiary/aromatic N) is 1. The number of hydrogen-bond acceptors (Lipinski definition) is 3. The van der Waals surface area contributed by atoms with Gasteiger partial charge in [-0.3, -0.25) is 9.69 Å². The molecule has 88 valence electrons. The second-order valence-electron chi connectivity index (χ2n) is 3.90. The Morgan fingerprint density at radius 1 is 1.56 bits per heavy atom. The Kier molecular flexibility index (Phi) is 4.31. The van der Waals surface area contributed by atoms with Crippen molar-refractivity contribution in [3.63, 3.8) is 0 Å². The zero-order valence-corrected chi connectivity index (χ0v) is 9.68. The molecule has 0 amide bonds. The van der Waals surface area contributed by atoms with E-state index in [1.54, 1.807) is 0 Å². The molecule has 0 aliphatic rings. The Labute approximate surface area is 95.7 Å². The number of likely N-dealkylation sites (N-methyl/N-ethyl adjacent to an activating group) is 1. The highest BCUT2D eigenvalue weighted by Crippen LogP contribution is 2.23. The van der Waals surface area contributed by atoms with Crippen LogP contribution in [0.5, 0.6) is 0 Å². The molecule has 0 saturated heterocycles. The van der Waals surface area contributed by atoms with E-state index in [0.29, 0.717) is 5.69 Å². The van der Waals surface area contributed by atoms with Gasteiger partial charge in [-0.1, -0.05) is 19.1 Å². The van der Waals surface area contributed by atoms with Gasteiger partial charge in [0, 0.05) is 11.7 Å². The molecule has 0 radical (unpaired) electrons. The van der Waals surface area contributed by atoms with Crippen LogP contribution in [0.15, 0.2) is 24.3 Å². The summed E-state index contributed by atoms with van der Waals surface area (Å²) >= 11 is 0. The van der Waals surface area contributed by atoms with Gasteiger partial charge < -0.3 is 10.8 Å². The van der Waals surface area contributed by atoms with Gasteiger partial charge in [-0.15, -0.1) is 0 Å². The lowest BCUT2D eigenvalue weighted by Gasteiger charge is -2.26. The summed E-state index contributed by atoms with van der Waals surface area (Å²) in [5.74, 6) is -0.815. The Bertz CT molecular complexity index is 366. The molecule has 1 rings (SSSR count). The van der Waals surface area contributed by atoms with Crippen molar-refractivity contribution >= 4 is 11.7 Å². The lowest BCUT2D eigenvalue weighted by Crippen LogP contribution is -2.29. The van der Waals surface area contributed by atoms with E-state index >= 15 is 0 Å². The number of rotatable bonds is 5. The first-order chi connectivity index (χ1) is 7.54. The van der Waals surface area contributed by atoms with Crippen molar-refractivity contribution in [1.82, 2.24) is 4.90 Å². The van der Waals surface area contributed by atoms with Crippen LogP contribution in [0.2, 0.25) is 0 Å². The molecular formula is C12H18N2O2. The summed E-state index contributed by atoms with van der Waals surface area (Å²) in [7, 11) is 1.81. The molecule has 4 nitrogen and oxygen atoms in total. The Hall–Kier alpha value is -1.55. The second kappa shape index (κ2) is 5.51.